The lowest BCUT2D eigenvalue weighted by molar-refractivity contribution is 0.886. The van der Waals surface area contributed by atoms with Gasteiger partial charge >= 0.3 is 0 Å². The summed E-state index contributed by atoms with van der Waals surface area (Å²) in [5, 5.41) is 4.24. The van der Waals surface area contributed by atoms with Gasteiger partial charge in [0.05, 0.1) is 5.69 Å². The molecule has 17 heavy (non-hydrogen) atoms. The van der Waals surface area contributed by atoms with Crippen LogP contribution < -0.4 is 0 Å². The molecule has 1 aromatic carbocycles. The summed E-state index contributed by atoms with van der Waals surface area (Å²) in [6, 6.07) is 13.8. The zero-order valence-electron chi connectivity index (χ0n) is 9.06. The first kappa shape index (κ1) is 9.72. The van der Waals surface area contributed by atoms with Gasteiger partial charge in [0.2, 0.25) is 0 Å². The van der Waals surface area contributed by atoms with Gasteiger partial charge in [0.1, 0.15) is 6.33 Å². The van der Waals surface area contributed by atoms with Gasteiger partial charge in [-0.2, -0.15) is 5.10 Å². The van der Waals surface area contributed by atoms with Gasteiger partial charge in [-0.3, -0.25) is 4.98 Å². The molecule has 0 radical (unpaired) electrons. The first-order valence-electron chi connectivity index (χ1n) is 5.31. The Bertz CT molecular complexity index is 548. The minimum atomic E-state index is 0.796. The standard InChI is InChI=1S/C13H10N4/c1-2-6-12(7-3-1)17-13(15-10-16-17)11-5-4-8-14-9-11/h1-10H. The molecule has 0 unspecified atom stereocenters. The van der Waals surface area contributed by atoms with Crippen molar-refractivity contribution in [2.75, 3.05) is 0 Å². The molecule has 0 aliphatic heterocycles. The maximum Gasteiger partial charge on any atom is 0.164 e. The largest absolute Gasteiger partial charge is 0.264 e. The average molecular weight is 222 g/mol. The predicted molar refractivity (Wildman–Crippen MR) is 64.6 cm³/mol. The second-order valence-electron chi connectivity index (χ2n) is 3.57. The second-order valence-corrected chi connectivity index (χ2v) is 3.57. The molecule has 0 saturated carbocycles. The third-order valence-electron chi connectivity index (χ3n) is 2.47. The SMILES string of the molecule is c1ccc(-n2ncnc2-c2cccnc2)cc1. The van der Waals surface area contributed by atoms with Crippen molar-refractivity contribution in [3.8, 4) is 17.1 Å². The molecular weight excluding hydrogens is 212 g/mol. The average Bonchev–Trinajstić information content (AvgIpc) is 2.90. The zero-order valence-corrected chi connectivity index (χ0v) is 9.06. The highest BCUT2D eigenvalue weighted by atomic mass is 15.3. The van der Waals surface area contributed by atoms with Crippen LogP contribution in [0.1, 0.15) is 0 Å². The third-order valence-corrected chi connectivity index (χ3v) is 2.47. The lowest BCUT2D eigenvalue weighted by Gasteiger charge is -2.04. The smallest absolute Gasteiger partial charge is 0.164 e. The first-order chi connectivity index (χ1) is 8.45. The fourth-order valence-electron chi connectivity index (χ4n) is 1.69. The number of rotatable bonds is 2. The van der Waals surface area contributed by atoms with Crippen LogP contribution in [-0.4, -0.2) is 19.7 Å². The molecule has 0 aliphatic carbocycles. The maximum atomic E-state index is 4.27. The lowest BCUT2D eigenvalue weighted by atomic mass is 10.2. The molecule has 0 aliphatic rings. The second kappa shape index (κ2) is 4.17. The fraction of sp³-hybridized carbons (Fsp3) is 0. The fourth-order valence-corrected chi connectivity index (χ4v) is 1.69. The Morgan fingerprint density at radius 2 is 1.82 bits per heavy atom. The Labute approximate surface area is 98.6 Å². The molecule has 3 aromatic rings. The van der Waals surface area contributed by atoms with E-state index in [0.29, 0.717) is 0 Å². The van der Waals surface area contributed by atoms with Crippen LogP contribution in [0.25, 0.3) is 17.1 Å². The van der Waals surface area contributed by atoms with Gasteiger partial charge in [-0.15, -0.1) is 0 Å². The molecule has 0 amide bonds. The van der Waals surface area contributed by atoms with Gasteiger partial charge in [-0.1, -0.05) is 18.2 Å². The normalized spacial score (nSPS) is 10.4. The summed E-state index contributed by atoms with van der Waals surface area (Å²) in [5.41, 5.74) is 1.94. The molecule has 0 spiro atoms. The third kappa shape index (κ3) is 1.80. The quantitative estimate of drug-likeness (QED) is 0.668. The van der Waals surface area contributed by atoms with Crippen LogP contribution in [0.3, 0.4) is 0 Å². The first-order valence-corrected chi connectivity index (χ1v) is 5.31. The summed E-state index contributed by atoms with van der Waals surface area (Å²) in [4.78, 5) is 8.37. The highest BCUT2D eigenvalue weighted by Crippen LogP contribution is 2.18. The molecule has 0 atom stereocenters. The van der Waals surface area contributed by atoms with Gasteiger partial charge in [0.25, 0.3) is 0 Å². The van der Waals surface area contributed by atoms with Crippen LogP contribution in [0.15, 0.2) is 61.2 Å². The number of pyridine rings is 1. The van der Waals surface area contributed by atoms with Crippen LogP contribution in [0.5, 0.6) is 0 Å². The number of para-hydroxylation sites is 1. The van der Waals surface area contributed by atoms with Crippen molar-refractivity contribution in [1.29, 1.82) is 0 Å². The summed E-state index contributed by atoms with van der Waals surface area (Å²) in [5.74, 6) is 0.796. The molecule has 82 valence electrons. The highest BCUT2D eigenvalue weighted by molar-refractivity contribution is 5.56. The Kier molecular flexibility index (Phi) is 2.38. The van der Waals surface area contributed by atoms with E-state index in [1.807, 2.05) is 42.5 Å². The molecule has 4 heteroatoms. The molecule has 4 nitrogen and oxygen atoms in total. The van der Waals surface area contributed by atoms with Crippen LogP contribution >= 0.6 is 0 Å². The van der Waals surface area contributed by atoms with Crippen LogP contribution in [0.2, 0.25) is 0 Å². The van der Waals surface area contributed by atoms with Gasteiger partial charge < -0.3 is 0 Å². The Morgan fingerprint density at radius 1 is 0.941 bits per heavy atom. The molecule has 0 saturated heterocycles. The molecule has 2 heterocycles. The minimum absolute atomic E-state index is 0.796. The molecule has 0 bridgehead atoms. The molecule has 3 rings (SSSR count). The van der Waals surface area contributed by atoms with Crippen molar-refractivity contribution in [1.82, 2.24) is 19.7 Å². The van der Waals surface area contributed by atoms with E-state index in [0.717, 1.165) is 17.1 Å². The minimum Gasteiger partial charge on any atom is -0.264 e. The molecular formula is C13H10N4. The van der Waals surface area contributed by atoms with Crippen molar-refractivity contribution < 1.29 is 0 Å². The van der Waals surface area contributed by atoms with Crippen molar-refractivity contribution in [3.63, 3.8) is 0 Å². The van der Waals surface area contributed by atoms with E-state index < -0.39 is 0 Å². The van der Waals surface area contributed by atoms with Crippen molar-refractivity contribution in [3.05, 3.63) is 61.2 Å². The van der Waals surface area contributed by atoms with Crippen LogP contribution in [0.4, 0.5) is 0 Å². The number of hydrogen-bond donors (Lipinski definition) is 0. The number of hydrogen-bond acceptors (Lipinski definition) is 3. The Morgan fingerprint density at radius 3 is 2.59 bits per heavy atom. The summed E-state index contributed by atoms with van der Waals surface area (Å²) in [6.07, 6.45) is 5.07. The molecule has 2 aromatic heterocycles. The predicted octanol–water partition coefficient (Wildman–Crippen LogP) is 2.33. The van der Waals surface area contributed by atoms with Gasteiger partial charge in [-0.05, 0) is 24.3 Å². The Hall–Kier alpha value is -2.49. The molecule has 0 N–H and O–H groups in total. The lowest BCUT2D eigenvalue weighted by Crippen LogP contribution is -1.99. The van der Waals surface area contributed by atoms with Crippen LogP contribution in [0, 0.1) is 0 Å². The van der Waals surface area contributed by atoms with Gasteiger partial charge in [0, 0.05) is 18.0 Å². The van der Waals surface area contributed by atoms with E-state index in [-0.39, 0.29) is 0 Å². The van der Waals surface area contributed by atoms with Crippen molar-refractivity contribution >= 4 is 0 Å². The van der Waals surface area contributed by atoms with Crippen LogP contribution in [-0.2, 0) is 0 Å². The van der Waals surface area contributed by atoms with E-state index >= 15 is 0 Å². The van der Waals surface area contributed by atoms with E-state index in [4.69, 9.17) is 0 Å². The van der Waals surface area contributed by atoms with E-state index in [1.54, 1.807) is 23.4 Å². The number of benzene rings is 1. The van der Waals surface area contributed by atoms with E-state index in [1.165, 1.54) is 0 Å². The van der Waals surface area contributed by atoms with Gasteiger partial charge in [0.15, 0.2) is 5.82 Å². The maximum absolute atomic E-state index is 4.27. The summed E-state index contributed by atoms with van der Waals surface area (Å²) in [6.45, 7) is 0. The summed E-state index contributed by atoms with van der Waals surface area (Å²) < 4.78 is 1.80. The molecule has 0 fully saturated rings. The summed E-state index contributed by atoms with van der Waals surface area (Å²) in [7, 11) is 0. The number of aromatic nitrogens is 4. The monoisotopic (exact) mass is 222 g/mol. The van der Waals surface area contributed by atoms with Crippen molar-refractivity contribution in [2.45, 2.75) is 0 Å². The summed E-state index contributed by atoms with van der Waals surface area (Å²) >= 11 is 0. The topological polar surface area (TPSA) is 43.6 Å². The Balaban J connectivity index is 2.13. The van der Waals surface area contributed by atoms with Gasteiger partial charge in [-0.25, -0.2) is 9.67 Å². The van der Waals surface area contributed by atoms with E-state index in [9.17, 15) is 0 Å². The highest BCUT2D eigenvalue weighted by Gasteiger charge is 2.08. The van der Waals surface area contributed by atoms with E-state index in [2.05, 4.69) is 15.1 Å². The zero-order chi connectivity index (χ0) is 11.5. The van der Waals surface area contributed by atoms with Crippen molar-refractivity contribution in [2.24, 2.45) is 0 Å². The number of nitrogens with zero attached hydrogens (tertiary/aromatic N) is 4.